The first kappa shape index (κ1) is 17.6. The van der Waals surface area contributed by atoms with Crippen molar-refractivity contribution in [1.29, 1.82) is 0 Å². The van der Waals surface area contributed by atoms with Crippen molar-refractivity contribution in [3.63, 3.8) is 0 Å². The maximum Gasteiger partial charge on any atom is 0.223 e. The summed E-state index contributed by atoms with van der Waals surface area (Å²) in [6, 6.07) is 9.26. The minimum absolute atomic E-state index is 0.0364. The zero-order chi connectivity index (χ0) is 16.9. The molecule has 0 saturated carbocycles. The van der Waals surface area contributed by atoms with E-state index in [0.717, 1.165) is 21.9 Å². The van der Waals surface area contributed by atoms with E-state index in [2.05, 4.69) is 24.1 Å². The summed E-state index contributed by atoms with van der Waals surface area (Å²) in [6.45, 7) is 6.44. The van der Waals surface area contributed by atoms with Crippen molar-refractivity contribution in [3.8, 4) is 0 Å². The first-order valence-electron chi connectivity index (χ1n) is 7.85. The average Bonchev–Trinajstić information content (AvgIpc) is 2.92. The smallest absolute Gasteiger partial charge is 0.223 e. The molecule has 0 aliphatic heterocycles. The number of hydrogen-bond acceptors (Lipinski definition) is 4. The highest BCUT2D eigenvalue weighted by atomic mass is 32.1. The number of benzene rings is 1. The monoisotopic (exact) mass is 332 g/mol. The van der Waals surface area contributed by atoms with Crippen molar-refractivity contribution >= 4 is 17.2 Å². The van der Waals surface area contributed by atoms with Gasteiger partial charge >= 0.3 is 0 Å². The van der Waals surface area contributed by atoms with Crippen LogP contribution in [0.15, 0.2) is 36.5 Å². The number of nitrogens with one attached hydrogen (secondary N) is 1. The number of aromatic nitrogens is 1. The Morgan fingerprint density at radius 2 is 2.04 bits per heavy atom. The van der Waals surface area contributed by atoms with Crippen molar-refractivity contribution in [2.75, 3.05) is 0 Å². The molecule has 0 aliphatic rings. The average molecular weight is 332 g/mol. The van der Waals surface area contributed by atoms with Gasteiger partial charge in [0, 0.05) is 17.5 Å². The zero-order valence-corrected chi connectivity index (χ0v) is 14.7. The Labute approximate surface area is 141 Å². The van der Waals surface area contributed by atoms with E-state index in [-0.39, 0.29) is 12.3 Å². The second-order valence-electron chi connectivity index (χ2n) is 6.41. The Bertz CT molecular complexity index is 635. The molecule has 1 amide bonds. The third-order valence-electron chi connectivity index (χ3n) is 3.54. The van der Waals surface area contributed by atoms with Crippen LogP contribution in [0.3, 0.4) is 0 Å². The highest BCUT2D eigenvalue weighted by Gasteiger charge is 2.26. The molecular formula is C18H24N2O2S. The third kappa shape index (κ3) is 5.44. The minimum atomic E-state index is -1.16. The molecular weight excluding hydrogens is 308 g/mol. The van der Waals surface area contributed by atoms with Gasteiger partial charge in [0.05, 0.1) is 23.6 Å². The molecule has 124 valence electrons. The Kier molecular flexibility index (Phi) is 5.91. The summed E-state index contributed by atoms with van der Waals surface area (Å²) in [7, 11) is 0. The van der Waals surface area contributed by atoms with Crippen LogP contribution in [0.2, 0.25) is 0 Å². The van der Waals surface area contributed by atoms with Crippen molar-refractivity contribution in [1.82, 2.24) is 10.3 Å². The maximum absolute atomic E-state index is 12.1. The molecule has 1 aromatic heterocycles. The summed E-state index contributed by atoms with van der Waals surface area (Å²) in [4.78, 5) is 17.5. The van der Waals surface area contributed by atoms with Gasteiger partial charge in [-0.25, -0.2) is 4.98 Å². The van der Waals surface area contributed by atoms with E-state index < -0.39 is 5.60 Å². The SMILES string of the molecule is CC(C)Cc1ncc(CNC(=O)CC(C)(O)c2ccccc2)s1. The number of aliphatic hydroxyl groups is 1. The van der Waals surface area contributed by atoms with Gasteiger partial charge in [0.1, 0.15) is 0 Å². The fourth-order valence-electron chi connectivity index (χ4n) is 2.33. The lowest BCUT2D eigenvalue weighted by molar-refractivity contribution is -0.126. The summed E-state index contributed by atoms with van der Waals surface area (Å²) >= 11 is 1.63. The van der Waals surface area contributed by atoms with Crippen LogP contribution in [0.5, 0.6) is 0 Å². The van der Waals surface area contributed by atoms with Gasteiger partial charge in [0.15, 0.2) is 0 Å². The third-order valence-corrected chi connectivity index (χ3v) is 4.56. The largest absolute Gasteiger partial charge is 0.385 e. The summed E-state index contributed by atoms with van der Waals surface area (Å²) < 4.78 is 0. The molecule has 1 atom stereocenters. The number of rotatable bonds is 7. The molecule has 1 unspecified atom stereocenters. The van der Waals surface area contributed by atoms with E-state index >= 15 is 0 Å². The van der Waals surface area contributed by atoms with Crippen molar-refractivity contribution < 1.29 is 9.90 Å². The number of carbonyl (C=O) groups excluding carboxylic acids is 1. The van der Waals surface area contributed by atoms with E-state index in [1.54, 1.807) is 18.3 Å². The zero-order valence-electron chi connectivity index (χ0n) is 13.9. The Morgan fingerprint density at radius 3 is 2.70 bits per heavy atom. The van der Waals surface area contributed by atoms with E-state index in [1.807, 2.05) is 36.5 Å². The van der Waals surface area contributed by atoms with Crippen LogP contribution in [-0.2, 0) is 23.4 Å². The van der Waals surface area contributed by atoms with E-state index in [4.69, 9.17) is 0 Å². The topological polar surface area (TPSA) is 62.2 Å². The van der Waals surface area contributed by atoms with Gasteiger partial charge in [-0.15, -0.1) is 11.3 Å². The summed E-state index contributed by atoms with van der Waals surface area (Å²) in [5, 5.41) is 14.4. The van der Waals surface area contributed by atoms with Crippen LogP contribution in [0.25, 0.3) is 0 Å². The van der Waals surface area contributed by atoms with E-state index in [9.17, 15) is 9.90 Å². The number of nitrogens with zero attached hydrogens (tertiary/aromatic N) is 1. The summed E-state index contributed by atoms with van der Waals surface area (Å²) in [5.74, 6) is 0.405. The number of carbonyl (C=O) groups is 1. The predicted octanol–water partition coefficient (Wildman–Crippen LogP) is 3.26. The van der Waals surface area contributed by atoms with E-state index in [1.165, 1.54) is 0 Å². The first-order valence-corrected chi connectivity index (χ1v) is 8.66. The van der Waals surface area contributed by atoms with Crippen LogP contribution in [0.1, 0.15) is 42.6 Å². The molecule has 2 N–H and O–H groups in total. The minimum Gasteiger partial charge on any atom is -0.385 e. The maximum atomic E-state index is 12.1. The second-order valence-corrected chi connectivity index (χ2v) is 7.61. The molecule has 0 saturated heterocycles. The molecule has 4 nitrogen and oxygen atoms in total. The van der Waals surface area contributed by atoms with Crippen LogP contribution >= 0.6 is 11.3 Å². The molecule has 0 spiro atoms. The molecule has 0 bridgehead atoms. The quantitative estimate of drug-likeness (QED) is 0.818. The van der Waals surface area contributed by atoms with Crippen LogP contribution in [0, 0.1) is 5.92 Å². The van der Waals surface area contributed by atoms with Crippen molar-refractivity contribution in [2.24, 2.45) is 5.92 Å². The first-order chi connectivity index (χ1) is 10.9. The fraction of sp³-hybridized carbons (Fsp3) is 0.444. The standard InChI is InChI=1S/C18H24N2O2S/c1-13(2)9-17-20-12-15(23-17)11-19-16(21)10-18(3,22)14-7-5-4-6-8-14/h4-8,12-13,22H,9-11H2,1-3H3,(H,19,21). The second kappa shape index (κ2) is 7.70. The lowest BCUT2D eigenvalue weighted by Crippen LogP contribution is -2.32. The van der Waals surface area contributed by atoms with Gasteiger partial charge in [-0.1, -0.05) is 44.2 Å². The lowest BCUT2D eigenvalue weighted by Gasteiger charge is -2.23. The fourth-order valence-corrected chi connectivity index (χ4v) is 3.41. The van der Waals surface area contributed by atoms with Crippen LogP contribution < -0.4 is 5.32 Å². The lowest BCUT2D eigenvalue weighted by atomic mass is 9.92. The molecule has 2 rings (SSSR count). The molecule has 0 radical (unpaired) electrons. The summed E-state index contributed by atoms with van der Waals surface area (Å²) in [5.41, 5.74) is -0.422. The molecule has 2 aromatic rings. The van der Waals surface area contributed by atoms with Gasteiger partial charge in [0.2, 0.25) is 5.91 Å². The summed E-state index contributed by atoms with van der Waals surface area (Å²) in [6.07, 6.45) is 2.81. The highest BCUT2D eigenvalue weighted by molar-refractivity contribution is 7.11. The van der Waals surface area contributed by atoms with E-state index in [0.29, 0.717) is 12.5 Å². The molecule has 1 heterocycles. The van der Waals surface area contributed by atoms with Crippen molar-refractivity contribution in [2.45, 2.75) is 45.8 Å². The normalized spacial score (nSPS) is 13.8. The molecule has 0 aliphatic carbocycles. The van der Waals surface area contributed by atoms with Gasteiger partial charge in [-0.05, 0) is 18.4 Å². The Morgan fingerprint density at radius 1 is 1.35 bits per heavy atom. The van der Waals surface area contributed by atoms with Crippen molar-refractivity contribution in [3.05, 3.63) is 52.0 Å². The van der Waals surface area contributed by atoms with Gasteiger partial charge in [0.25, 0.3) is 0 Å². The molecule has 0 fully saturated rings. The predicted molar refractivity (Wildman–Crippen MR) is 93.1 cm³/mol. The van der Waals surface area contributed by atoms with Crippen LogP contribution in [-0.4, -0.2) is 16.0 Å². The van der Waals surface area contributed by atoms with Gasteiger partial charge in [-0.2, -0.15) is 0 Å². The Balaban J connectivity index is 1.86. The van der Waals surface area contributed by atoms with Gasteiger partial charge in [-0.3, -0.25) is 4.79 Å². The number of hydrogen-bond donors (Lipinski definition) is 2. The number of amides is 1. The van der Waals surface area contributed by atoms with Crippen LogP contribution in [0.4, 0.5) is 0 Å². The van der Waals surface area contributed by atoms with Gasteiger partial charge < -0.3 is 10.4 Å². The number of thiazole rings is 1. The highest BCUT2D eigenvalue weighted by Crippen LogP contribution is 2.24. The Hall–Kier alpha value is -1.72. The molecule has 1 aromatic carbocycles. The molecule has 5 heteroatoms. The molecule has 23 heavy (non-hydrogen) atoms.